The van der Waals surface area contributed by atoms with Gasteiger partial charge < -0.3 is 0 Å². The lowest BCUT2D eigenvalue weighted by Crippen LogP contribution is -2.13. The molecule has 20 heavy (non-hydrogen) atoms. The van der Waals surface area contributed by atoms with Gasteiger partial charge in [-0.1, -0.05) is 59.9 Å². The summed E-state index contributed by atoms with van der Waals surface area (Å²) in [5.41, 5.74) is 6.44. The zero-order valence-electron chi connectivity index (χ0n) is 11.4. The van der Waals surface area contributed by atoms with E-state index in [-0.39, 0.29) is 0 Å². The summed E-state index contributed by atoms with van der Waals surface area (Å²) < 4.78 is 0.696. The molecule has 0 atom stereocenters. The van der Waals surface area contributed by atoms with E-state index in [1.807, 2.05) is 24.4 Å². The van der Waals surface area contributed by atoms with Crippen molar-refractivity contribution in [2.45, 2.75) is 19.6 Å². The summed E-state index contributed by atoms with van der Waals surface area (Å²) in [4.78, 5) is 1.16. The fourth-order valence-electron chi connectivity index (χ4n) is 1.53. The van der Waals surface area contributed by atoms with Crippen LogP contribution in [0, 0.1) is 6.92 Å². The maximum Gasteiger partial charge on any atom is 0.154 e. The fourth-order valence-corrected chi connectivity index (χ4v) is 3.03. The number of nitrogens with zero attached hydrogens (tertiary/aromatic N) is 1. The van der Waals surface area contributed by atoms with Crippen molar-refractivity contribution in [2.75, 3.05) is 0 Å². The number of aryl methyl sites for hydroxylation is 1. The van der Waals surface area contributed by atoms with E-state index in [0.29, 0.717) is 4.32 Å². The average molecular weight is 321 g/mol. The van der Waals surface area contributed by atoms with E-state index >= 15 is 0 Å². The summed E-state index contributed by atoms with van der Waals surface area (Å²) in [5, 5.41) is 6.35. The van der Waals surface area contributed by atoms with Crippen LogP contribution in [0.4, 0.5) is 0 Å². The molecule has 0 amide bonds. The molecule has 5 heteroatoms. The van der Waals surface area contributed by atoms with Crippen molar-refractivity contribution in [2.24, 2.45) is 5.10 Å². The number of thiocarbonyl (C=S) groups is 1. The number of thiophene rings is 1. The molecule has 2 aromatic rings. The molecule has 0 aliphatic rings. The number of hydrogen-bond acceptors (Lipinski definition) is 4. The molecule has 1 aromatic heterocycles. The van der Waals surface area contributed by atoms with Crippen molar-refractivity contribution in [1.29, 1.82) is 0 Å². The van der Waals surface area contributed by atoms with Gasteiger partial charge in [-0.25, -0.2) is 0 Å². The molecule has 0 unspecified atom stereocenters. The predicted octanol–water partition coefficient (Wildman–Crippen LogP) is 4.59. The molecule has 0 bridgehead atoms. The van der Waals surface area contributed by atoms with E-state index in [2.05, 4.69) is 41.7 Å². The average Bonchev–Trinajstić information content (AvgIpc) is 2.98. The van der Waals surface area contributed by atoms with Gasteiger partial charge >= 0.3 is 0 Å². The van der Waals surface area contributed by atoms with Crippen LogP contribution >= 0.6 is 35.3 Å². The zero-order chi connectivity index (χ0) is 14.4. The summed E-state index contributed by atoms with van der Waals surface area (Å²) in [6.07, 6.45) is 0. The maximum absolute atomic E-state index is 5.27. The van der Waals surface area contributed by atoms with Gasteiger partial charge in [-0.15, -0.1) is 11.3 Å². The standard InChI is InChI=1S/C15H16N2S3/c1-11-5-7-13(8-6-11)10-20-15(18)17-16-12(2)14-4-3-9-19-14/h3-9H,10H2,1-2H3,(H,17,18)/b16-12+. The van der Waals surface area contributed by atoms with Crippen molar-refractivity contribution < 1.29 is 0 Å². The van der Waals surface area contributed by atoms with E-state index in [1.165, 1.54) is 11.1 Å². The molecule has 1 heterocycles. The molecule has 1 aromatic carbocycles. The number of nitrogens with one attached hydrogen (secondary N) is 1. The third-order valence-corrected chi connectivity index (χ3v) is 4.94. The summed E-state index contributed by atoms with van der Waals surface area (Å²) in [6, 6.07) is 12.6. The Kier molecular flexibility index (Phi) is 5.76. The van der Waals surface area contributed by atoms with Crippen LogP contribution in [0.25, 0.3) is 0 Å². The van der Waals surface area contributed by atoms with Crippen LogP contribution in [0.3, 0.4) is 0 Å². The smallest absolute Gasteiger partial charge is 0.154 e. The van der Waals surface area contributed by atoms with Crippen molar-refractivity contribution in [3.8, 4) is 0 Å². The number of hydrogen-bond donors (Lipinski definition) is 1. The highest BCUT2D eigenvalue weighted by Crippen LogP contribution is 2.14. The predicted molar refractivity (Wildman–Crippen MR) is 94.7 cm³/mol. The summed E-state index contributed by atoms with van der Waals surface area (Å²) in [7, 11) is 0. The van der Waals surface area contributed by atoms with Gasteiger partial charge in [0.1, 0.15) is 0 Å². The first-order valence-electron chi connectivity index (χ1n) is 6.21. The Hall–Kier alpha value is -1.17. The zero-order valence-corrected chi connectivity index (χ0v) is 13.9. The monoisotopic (exact) mass is 320 g/mol. The second kappa shape index (κ2) is 7.57. The Morgan fingerprint density at radius 1 is 1.30 bits per heavy atom. The van der Waals surface area contributed by atoms with Crippen LogP contribution in [0.5, 0.6) is 0 Å². The highest BCUT2D eigenvalue weighted by Gasteiger charge is 2.00. The van der Waals surface area contributed by atoms with Crippen molar-refractivity contribution >= 4 is 45.3 Å². The maximum atomic E-state index is 5.27. The molecule has 0 aliphatic heterocycles. The van der Waals surface area contributed by atoms with Gasteiger partial charge in [0.25, 0.3) is 0 Å². The van der Waals surface area contributed by atoms with E-state index in [1.54, 1.807) is 23.1 Å². The van der Waals surface area contributed by atoms with Crippen LogP contribution in [0.15, 0.2) is 46.9 Å². The number of hydrazone groups is 1. The van der Waals surface area contributed by atoms with Crippen molar-refractivity contribution in [3.05, 3.63) is 57.8 Å². The number of benzene rings is 1. The van der Waals surface area contributed by atoms with Crippen LogP contribution in [0.1, 0.15) is 22.9 Å². The Labute approximate surface area is 133 Å². The molecular formula is C15H16N2S3. The molecular weight excluding hydrogens is 304 g/mol. The largest absolute Gasteiger partial charge is 0.262 e. The molecule has 0 fully saturated rings. The minimum atomic E-state index is 0.696. The third kappa shape index (κ3) is 4.74. The molecule has 2 rings (SSSR count). The first kappa shape index (κ1) is 15.2. The number of thioether (sulfide) groups is 1. The molecule has 104 valence electrons. The van der Waals surface area contributed by atoms with Gasteiger partial charge in [0, 0.05) is 10.6 Å². The quantitative estimate of drug-likeness (QED) is 0.506. The van der Waals surface area contributed by atoms with E-state index in [4.69, 9.17) is 12.2 Å². The van der Waals surface area contributed by atoms with Gasteiger partial charge in [0.05, 0.1) is 5.71 Å². The highest BCUT2D eigenvalue weighted by molar-refractivity contribution is 8.22. The second-order valence-electron chi connectivity index (χ2n) is 4.35. The van der Waals surface area contributed by atoms with E-state index in [0.717, 1.165) is 16.3 Å². The molecule has 0 radical (unpaired) electrons. The summed E-state index contributed by atoms with van der Waals surface area (Å²) in [6.45, 7) is 4.07. The Morgan fingerprint density at radius 3 is 2.70 bits per heavy atom. The lowest BCUT2D eigenvalue weighted by Gasteiger charge is -2.04. The Morgan fingerprint density at radius 2 is 2.05 bits per heavy atom. The first-order valence-corrected chi connectivity index (χ1v) is 8.49. The van der Waals surface area contributed by atoms with Crippen molar-refractivity contribution in [3.63, 3.8) is 0 Å². The van der Waals surface area contributed by atoms with Crippen molar-refractivity contribution in [1.82, 2.24) is 5.43 Å². The molecule has 0 spiro atoms. The van der Waals surface area contributed by atoms with E-state index < -0.39 is 0 Å². The molecule has 2 nitrogen and oxygen atoms in total. The lowest BCUT2D eigenvalue weighted by molar-refractivity contribution is 1.06. The highest BCUT2D eigenvalue weighted by atomic mass is 32.2. The van der Waals surface area contributed by atoms with Crippen LogP contribution < -0.4 is 5.43 Å². The normalized spacial score (nSPS) is 11.4. The van der Waals surface area contributed by atoms with Gasteiger partial charge in [0.15, 0.2) is 4.32 Å². The van der Waals surface area contributed by atoms with Crippen LogP contribution in [-0.2, 0) is 5.75 Å². The fraction of sp³-hybridized carbons (Fsp3) is 0.200. The van der Waals surface area contributed by atoms with Gasteiger partial charge in [-0.05, 0) is 30.9 Å². The summed E-state index contributed by atoms with van der Waals surface area (Å²) in [5.74, 6) is 0.861. The third-order valence-electron chi connectivity index (χ3n) is 2.68. The van der Waals surface area contributed by atoms with Gasteiger partial charge in [-0.3, -0.25) is 5.43 Å². The minimum absolute atomic E-state index is 0.696. The van der Waals surface area contributed by atoms with E-state index in [9.17, 15) is 0 Å². The second-order valence-corrected chi connectivity index (χ2v) is 6.95. The van der Waals surface area contributed by atoms with Gasteiger partial charge in [0.2, 0.25) is 0 Å². The molecule has 0 saturated heterocycles. The van der Waals surface area contributed by atoms with Gasteiger partial charge in [-0.2, -0.15) is 5.10 Å². The molecule has 0 saturated carbocycles. The summed E-state index contributed by atoms with van der Waals surface area (Å²) >= 11 is 8.54. The SMILES string of the molecule is C/C(=N\NC(=S)SCc1ccc(C)cc1)c1cccs1. The van der Waals surface area contributed by atoms with Crippen LogP contribution in [-0.4, -0.2) is 10.0 Å². The first-order chi connectivity index (χ1) is 9.65. The Balaban J connectivity index is 1.81. The minimum Gasteiger partial charge on any atom is -0.262 e. The number of rotatable bonds is 4. The molecule has 0 aliphatic carbocycles. The lowest BCUT2D eigenvalue weighted by atomic mass is 10.2. The van der Waals surface area contributed by atoms with Crippen LogP contribution in [0.2, 0.25) is 0 Å². The Bertz CT molecular complexity index is 586. The topological polar surface area (TPSA) is 24.4 Å². The molecule has 1 N–H and O–H groups in total.